The third-order valence-electron chi connectivity index (χ3n) is 2.24. The summed E-state index contributed by atoms with van der Waals surface area (Å²) in [6, 6.07) is 2.19. The van der Waals surface area contributed by atoms with Gasteiger partial charge in [0.15, 0.2) is 0 Å². The fourth-order valence-electron chi connectivity index (χ4n) is 1.47. The first-order valence-corrected chi connectivity index (χ1v) is 6.19. The fraction of sp³-hybridized carbons (Fsp3) is 0.0909. The van der Waals surface area contributed by atoms with Crippen molar-refractivity contribution in [1.82, 2.24) is 9.71 Å². The molecule has 2 aliphatic rings. The van der Waals surface area contributed by atoms with Crippen molar-refractivity contribution in [1.29, 1.82) is 0 Å². The number of allylic oxidation sites excluding steroid dienone is 2. The van der Waals surface area contributed by atoms with Crippen LogP contribution < -0.4 is 4.72 Å². The zero-order chi connectivity index (χ0) is 11.7. The minimum atomic E-state index is -0.0549. The lowest BCUT2D eigenvalue weighted by Gasteiger charge is -2.18. The number of ether oxygens (including phenoxy) is 1. The lowest BCUT2D eigenvalue weighted by Crippen LogP contribution is -2.25. The molecule has 0 spiro atoms. The highest BCUT2D eigenvalue weighted by atomic mass is 35.5. The molecule has 4 nitrogen and oxygen atoms in total. The number of nitrogens with zero attached hydrogens (tertiary/aromatic N) is 2. The van der Waals surface area contributed by atoms with Crippen LogP contribution in [0.1, 0.15) is 0 Å². The lowest BCUT2D eigenvalue weighted by molar-refractivity contribution is 0.277. The minimum absolute atomic E-state index is 0.0549. The zero-order valence-electron chi connectivity index (χ0n) is 8.63. The number of halogens is 1. The lowest BCUT2D eigenvalue weighted by atomic mass is 10.4. The Balaban J connectivity index is 1.83. The molecule has 3 rings (SSSR count). The summed E-state index contributed by atoms with van der Waals surface area (Å²) in [6.45, 7) is 0. The Bertz CT molecular complexity index is 530. The van der Waals surface area contributed by atoms with Gasteiger partial charge in [0, 0.05) is 12.3 Å². The van der Waals surface area contributed by atoms with Crippen LogP contribution in [0.25, 0.3) is 0 Å². The van der Waals surface area contributed by atoms with Gasteiger partial charge in [-0.15, -0.1) is 0 Å². The van der Waals surface area contributed by atoms with Crippen LogP contribution in [-0.2, 0) is 4.74 Å². The van der Waals surface area contributed by atoms with Gasteiger partial charge >= 0.3 is 6.02 Å². The van der Waals surface area contributed by atoms with Gasteiger partial charge in [0.2, 0.25) is 0 Å². The number of aromatic nitrogens is 1. The summed E-state index contributed by atoms with van der Waals surface area (Å²) in [6.07, 6.45) is 9.41. The number of rotatable bonds is 1. The minimum Gasteiger partial charge on any atom is -0.453 e. The molecule has 0 amide bonds. The molecular formula is C11H8ClN3OS. The molecule has 86 valence electrons. The molecule has 0 fully saturated rings. The normalized spacial score (nSPS) is 17.6. The van der Waals surface area contributed by atoms with Gasteiger partial charge in [0.05, 0.1) is 10.6 Å². The van der Waals surface area contributed by atoms with Crippen LogP contribution in [0.3, 0.4) is 0 Å². The summed E-state index contributed by atoms with van der Waals surface area (Å²) in [5, 5.41) is 0.426. The molecule has 0 bridgehead atoms. The van der Waals surface area contributed by atoms with E-state index in [0.29, 0.717) is 11.2 Å². The monoisotopic (exact) mass is 265 g/mol. The molecule has 0 atom stereocenters. The van der Waals surface area contributed by atoms with Crippen LogP contribution in [-0.4, -0.2) is 17.1 Å². The molecule has 0 saturated heterocycles. The van der Waals surface area contributed by atoms with Crippen LogP contribution >= 0.6 is 23.5 Å². The zero-order valence-corrected chi connectivity index (χ0v) is 10.2. The van der Waals surface area contributed by atoms with E-state index in [1.807, 2.05) is 24.3 Å². The number of aliphatic imine (C=N–C) groups is 1. The summed E-state index contributed by atoms with van der Waals surface area (Å²) in [7, 11) is 0. The van der Waals surface area contributed by atoms with Crippen LogP contribution in [0.4, 0.5) is 5.69 Å². The molecule has 0 unspecified atom stereocenters. The first-order chi connectivity index (χ1) is 8.31. The Hall–Kier alpha value is -1.46. The Labute approximate surface area is 108 Å². The molecule has 1 aliphatic heterocycles. The summed E-state index contributed by atoms with van der Waals surface area (Å²) >= 11 is 7.24. The first-order valence-electron chi connectivity index (χ1n) is 5.00. The largest absolute Gasteiger partial charge is 0.453 e. The summed E-state index contributed by atoms with van der Waals surface area (Å²) in [5.74, 6) is 0. The topological polar surface area (TPSA) is 46.5 Å². The SMILES string of the molecule is Clc1cc2c(cn1)SNC(OC1C=CC=C1)=N2. The average Bonchev–Trinajstić information content (AvgIpc) is 2.81. The predicted molar refractivity (Wildman–Crippen MR) is 68.5 cm³/mol. The third-order valence-corrected chi connectivity index (χ3v) is 3.26. The second kappa shape index (κ2) is 4.43. The molecule has 6 heteroatoms. The fourth-order valence-corrected chi connectivity index (χ4v) is 2.23. The highest BCUT2D eigenvalue weighted by Gasteiger charge is 2.16. The molecule has 17 heavy (non-hydrogen) atoms. The molecular weight excluding hydrogens is 258 g/mol. The van der Waals surface area contributed by atoms with Crippen molar-refractivity contribution in [3.8, 4) is 0 Å². The van der Waals surface area contributed by atoms with Crippen LogP contribution in [0.5, 0.6) is 0 Å². The van der Waals surface area contributed by atoms with Gasteiger partial charge in [0.1, 0.15) is 11.3 Å². The van der Waals surface area contributed by atoms with Crippen molar-refractivity contribution >= 4 is 35.3 Å². The van der Waals surface area contributed by atoms with E-state index in [-0.39, 0.29) is 6.10 Å². The quantitative estimate of drug-likeness (QED) is 0.627. The molecule has 2 heterocycles. The molecule has 1 aromatic heterocycles. The highest BCUT2D eigenvalue weighted by Crippen LogP contribution is 2.32. The van der Waals surface area contributed by atoms with E-state index in [1.54, 1.807) is 12.3 Å². The molecule has 1 aliphatic carbocycles. The van der Waals surface area contributed by atoms with Crippen molar-refractivity contribution in [2.45, 2.75) is 11.0 Å². The van der Waals surface area contributed by atoms with Crippen molar-refractivity contribution in [3.63, 3.8) is 0 Å². The van der Waals surface area contributed by atoms with Gasteiger partial charge in [0.25, 0.3) is 0 Å². The van der Waals surface area contributed by atoms with Crippen molar-refractivity contribution in [2.24, 2.45) is 4.99 Å². The van der Waals surface area contributed by atoms with E-state index in [2.05, 4.69) is 14.7 Å². The van der Waals surface area contributed by atoms with Gasteiger partial charge in [-0.05, 0) is 24.1 Å². The van der Waals surface area contributed by atoms with Gasteiger partial charge in [-0.3, -0.25) is 4.72 Å². The predicted octanol–water partition coefficient (Wildman–Crippen LogP) is 2.84. The Morgan fingerprint density at radius 1 is 1.35 bits per heavy atom. The Kier molecular flexibility index (Phi) is 2.78. The van der Waals surface area contributed by atoms with Crippen LogP contribution in [0, 0.1) is 0 Å². The van der Waals surface area contributed by atoms with Crippen molar-refractivity contribution < 1.29 is 4.74 Å². The molecule has 1 aromatic rings. The van der Waals surface area contributed by atoms with Crippen LogP contribution in [0.2, 0.25) is 5.15 Å². The van der Waals surface area contributed by atoms with E-state index in [0.717, 1.165) is 10.6 Å². The third kappa shape index (κ3) is 2.30. The number of amidine groups is 1. The molecule has 1 N–H and O–H groups in total. The maximum atomic E-state index is 5.82. The van der Waals surface area contributed by atoms with E-state index >= 15 is 0 Å². The van der Waals surface area contributed by atoms with E-state index in [1.165, 1.54) is 11.9 Å². The van der Waals surface area contributed by atoms with Crippen molar-refractivity contribution in [2.75, 3.05) is 0 Å². The molecule has 0 aromatic carbocycles. The second-order valence-corrected chi connectivity index (χ2v) is 4.68. The molecule has 0 saturated carbocycles. The van der Waals surface area contributed by atoms with E-state index in [4.69, 9.17) is 16.3 Å². The number of fused-ring (bicyclic) bond motifs is 1. The Morgan fingerprint density at radius 3 is 3.00 bits per heavy atom. The standard InChI is InChI=1S/C11H8ClN3OS/c12-10-5-8-9(6-13-10)17-15-11(14-8)16-7-3-1-2-4-7/h1-7H,(H,14,15). The number of nitrogens with one attached hydrogen (secondary N) is 1. The van der Waals surface area contributed by atoms with Gasteiger partial charge in [-0.25, -0.2) is 4.98 Å². The summed E-state index contributed by atoms with van der Waals surface area (Å²) in [4.78, 5) is 9.26. The van der Waals surface area contributed by atoms with Crippen molar-refractivity contribution in [3.05, 3.63) is 41.7 Å². The second-order valence-electron chi connectivity index (χ2n) is 3.45. The maximum absolute atomic E-state index is 5.82. The van der Waals surface area contributed by atoms with Crippen LogP contribution in [0.15, 0.2) is 46.5 Å². The van der Waals surface area contributed by atoms with E-state index in [9.17, 15) is 0 Å². The first kappa shape index (κ1) is 10.7. The number of hydrogen-bond acceptors (Lipinski definition) is 5. The summed E-state index contributed by atoms with van der Waals surface area (Å²) in [5.41, 5.74) is 0.773. The smallest absolute Gasteiger partial charge is 0.301 e. The Morgan fingerprint density at radius 2 is 2.18 bits per heavy atom. The summed E-state index contributed by atoms with van der Waals surface area (Å²) < 4.78 is 8.65. The maximum Gasteiger partial charge on any atom is 0.301 e. The average molecular weight is 266 g/mol. The van der Waals surface area contributed by atoms with Gasteiger partial charge in [-0.1, -0.05) is 23.8 Å². The number of pyridine rings is 1. The van der Waals surface area contributed by atoms with Gasteiger partial charge < -0.3 is 4.74 Å². The van der Waals surface area contributed by atoms with E-state index < -0.39 is 0 Å². The number of hydrogen-bond donors (Lipinski definition) is 1. The molecule has 0 radical (unpaired) electrons. The van der Waals surface area contributed by atoms with Gasteiger partial charge in [-0.2, -0.15) is 4.99 Å². The highest BCUT2D eigenvalue weighted by molar-refractivity contribution is 7.98.